The third-order valence-electron chi connectivity index (χ3n) is 7.32. The Morgan fingerprint density at radius 3 is 0.833 bits per heavy atom. The molecule has 0 heteroatoms. The first-order valence-corrected chi connectivity index (χ1v) is 15.9. The molecule has 36 heavy (non-hydrogen) atoms. The van der Waals surface area contributed by atoms with Crippen LogP contribution in [-0.4, -0.2) is 0 Å². The number of hydrogen-bond acceptors (Lipinski definition) is 0. The zero-order valence-corrected chi connectivity index (χ0v) is 24.3. The second-order valence-corrected chi connectivity index (χ2v) is 10.8. The van der Waals surface area contributed by atoms with Crippen LogP contribution in [0.3, 0.4) is 0 Å². The highest BCUT2D eigenvalue weighted by atomic mass is 14.0. The molecule has 0 saturated heterocycles. The monoisotopic (exact) mass is 492 g/mol. The molecule has 0 fully saturated rings. The highest BCUT2D eigenvalue weighted by Gasteiger charge is 1.95. The minimum atomic E-state index is 1.26. The predicted molar refractivity (Wildman–Crippen MR) is 164 cm³/mol. The fourth-order valence-electron chi connectivity index (χ4n) is 4.92. The van der Waals surface area contributed by atoms with E-state index in [0.717, 1.165) is 0 Å². The van der Waals surface area contributed by atoms with Crippen molar-refractivity contribution in [3.05, 3.63) is 71.8 Å². The van der Waals surface area contributed by atoms with Gasteiger partial charge in [-0.2, -0.15) is 0 Å². The van der Waals surface area contributed by atoms with Gasteiger partial charge in [-0.25, -0.2) is 0 Å². The van der Waals surface area contributed by atoms with Gasteiger partial charge in [-0.3, -0.25) is 0 Å². The van der Waals surface area contributed by atoms with Crippen LogP contribution >= 0.6 is 0 Å². The molecular formula is C36H60. The minimum absolute atomic E-state index is 1.26. The predicted octanol–water partition coefficient (Wildman–Crippen LogP) is 12.3. The van der Waals surface area contributed by atoms with Crippen LogP contribution in [0.15, 0.2) is 60.7 Å². The van der Waals surface area contributed by atoms with Crippen LogP contribution < -0.4 is 0 Å². The molecular weight excluding hydrogens is 432 g/mol. The van der Waals surface area contributed by atoms with Crippen LogP contribution in [0, 0.1) is 0 Å². The topological polar surface area (TPSA) is 0 Å². The van der Waals surface area contributed by atoms with E-state index in [1.807, 2.05) is 0 Å². The molecule has 0 amide bonds. The molecule has 0 atom stereocenters. The van der Waals surface area contributed by atoms with Gasteiger partial charge in [0.1, 0.15) is 0 Å². The lowest BCUT2D eigenvalue weighted by Crippen LogP contribution is -1.86. The Balaban J connectivity index is 0.000000360. The number of aryl methyl sites for hydroxylation is 2. The Morgan fingerprint density at radius 1 is 0.306 bits per heavy atom. The van der Waals surface area contributed by atoms with Gasteiger partial charge in [0.25, 0.3) is 0 Å². The smallest absolute Gasteiger partial charge is 0.0279 e. The summed E-state index contributed by atoms with van der Waals surface area (Å²) >= 11 is 0. The average Bonchev–Trinajstić information content (AvgIpc) is 2.92. The average molecular weight is 493 g/mol. The molecule has 0 saturated carbocycles. The summed E-state index contributed by atoms with van der Waals surface area (Å²) in [6.45, 7) is 4.57. The van der Waals surface area contributed by atoms with Crippen LogP contribution in [0.4, 0.5) is 0 Å². The molecule has 2 aromatic carbocycles. The van der Waals surface area contributed by atoms with E-state index >= 15 is 0 Å². The molecule has 0 spiro atoms. The quantitative estimate of drug-likeness (QED) is 0.143. The van der Waals surface area contributed by atoms with Crippen molar-refractivity contribution in [2.24, 2.45) is 0 Å². The zero-order chi connectivity index (χ0) is 25.8. The van der Waals surface area contributed by atoms with Crippen LogP contribution in [0.2, 0.25) is 0 Å². The normalized spacial score (nSPS) is 10.7. The van der Waals surface area contributed by atoms with E-state index in [2.05, 4.69) is 74.5 Å². The SMILES string of the molecule is CCCCCCCCCCCCc1ccccc1.CCCCCCCCCCCCc1ccccc1. The third kappa shape index (κ3) is 21.7. The van der Waals surface area contributed by atoms with E-state index in [4.69, 9.17) is 0 Å². The van der Waals surface area contributed by atoms with Gasteiger partial charge in [0.15, 0.2) is 0 Å². The zero-order valence-electron chi connectivity index (χ0n) is 24.3. The summed E-state index contributed by atoms with van der Waals surface area (Å²) in [7, 11) is 0. The summed E-state index contributed by atoms with van der Waals surface area (Å²) in [6, 6.07) is 21.8. The lowest BCUT2D eigenvalue weighted by atomic mass is 10.0. The highest BCUT2D eigenvalue weighted by Crippen LogP contribution is 2.13. The fraction of sp³-hybridized carbons (Fsp3) is 0.667. The Bertz CT molecular complexity index is 585. The molecule has 0 unspecified atom stereocenters. The first-order chi connectivity index (χ1) is 17.9. The molecule has 204 valence electrons. The van der Waals surface area contributed by atoms with Gasteiger partial charge >= 0.3 is 0 Å². The number of unbranched alkanes of at least 4 members (excludes halogenated alkanes) is 18. The van der Waals surface area contributed by atoms with Crippen molar-refractivity contribution in [1.29, 1.82) is 0 Å². The van der Waals surface area contributed by atoms with E-state index in [0.29, 0.717) is 0 Å². The number of rotatable bonds is 22. The standard InChI is InChI=1S/2C18H30/c2*1-2-3-4-5-6-7-8-9-10-12-15-18-16-13-11-14-17-18/h2*11,13-14,16-17H,2-10,12,15H2,1H3. The minimum Gasteiger partial charge on any atom is -0.0654 e. The second kappa shape index (κ2) is 26.5. The van der Waals surface area contributed by atoms with Crippen molar-refractivity contribution in [2.45, 2.75) is 155 Å². The maximum absolute atomic E-state index is 2.28. The fourth-order valence-corrected chi connectivity index (χ4v) is 4.92. The van der Waals surface area contributed by atoms with Gasteiger partial charge in [0.05, 0.1) is 0 Å². The van der Waals surface area contributed by atoms with E-state index in [-0.39, 0.29) is 0 Å². The summed E-state index contributed by atoms with van der Waals surface area (Å²) in [5.74, 6) is 0. The van der Waals surface area contributed by atoms with Crippen LogP contribution in [-0.2, 0) is 12.8 Å². The molecule has 0 nitrogen and oxygen atoms in total. The lowest BCUT2D eigenvalue weighted by Gasteiger charge is -2.03. The van der Waals surface area contributed by atoms with Gasteiger partial charge in [-0.15, -0.1) is 0 Å². The van der Waals surface area contributed by atoms with Crippen molar-refractivity contribution in [1.82, 2.24) is 0 Å². The Kier molecular flexibility index (Phi) is 23.9. The molecule has 0 radical (unpaired) electrons. The van der Waals surface area contributed by atoms with Crippen LogP contribution in [0.1, 0.15) is 153 Å². The molecule has 0 heterocycles. The molecule has 0 aliphatic rings. The maximum Gasteiger partial charge on any atom is -0.0279 e. The summed E-state index contributed by atoms with van der Waals surface area (Å²) < 4.78 is 0. The van der Waals surface area contributed by atoms with Crippen molar-refractivity contribution in [2.75, 3.05) is 0 Å². The molecule has 0 bridgehead atoms. The van der Waals surface area contributed by atoms with Gasteiger partial charge < -0.3 is 0 Å². The lowest BCUT2D eigenvalue weighted by molar-refractivity contribution is 0.556. The number of benzene rings is 2. The first kappa shape index (κ1) is 32.5. The molecule has 0 aromatic heterocycles. The molecule has 2 aromatic rings. The molecule has 0 N–H and O–H groups in total. The van der Waals surface area contributed by atoms with Crippen molar-refractivity contribution >= 4 is 0 Å². The molecule has 2 rings (SSSR count). The summed E-state index contributed by atoms with van der Waals surface area (Å²) in [6.07, 6.45) is 31.0. The second-order valence-electron chi connectivity index (χ2n) is 10.8. The maximum atomic E-state index is 2.28. The summed E-state index contributed by atoms with van der Waals surface area (Å²) in [5, 5.41) is 0. The van der Waals surface area contributed by atoms with Crippen molar-refractivity contribution in [3.63, 3.8) is 0 Å². The third-order valence-corrected chi connectivity index (χ3v) is 7.32. The Hall–Kier alpha value is -1.56. The Morgan fingerprint density at radius 2 is 0.556 bits per heavy atom. The van der Waals surface area contributed by atoms with Gasteiger partial charge in [0.2, 0.25) is 0 Å². The first-order valence-electron chi connectivity index (χ1n) is 15.9. The van der Waals surface area contributed by atoms with Gasteiger partial charge in [-0.1, -0.05) is 190 Å². The van der Waals surface area contributed by atoms with E-state index < -0.39 is 0 Å². The largest absolute Gasteiger partial charge is 0.0654 e. The van der Waals surface area contributed by atoms with E-state index in [1.54, 1.807) is 0 Å². The van der Waals surface area contributed by atoms with Gasteiger partial charge in [-0.05, 0) is 36.8 Å². The Labute approximate surface area is 226 Å². The van der Waals surface area contributed by atoms with Crippen molar-refractivity contribution in [3.8, 4) is 0 Å². The van der Waals surface area contributed by atoms with E-state index in [9.17, 15) is 0 Å². The molecule has 0 aliphatic carbocycles. The van der Waals surface area contributed by atoms with Crippen molar-refractivity contribution < 1.29 is 0 Å². The van der Waals surface area contributed by atoms with Crippen LogP contribution in [0.25, 0.3) is 0 Å². The highest BCUT2D eigenvalue weighted by molar-refractivity contribution is 5.15. The summed E-state index contributed by atoms with van der Waals surface area (Å²) in [5.41, 5.74) is 2.99. The van der Waals surface area contributed by atoms with Crippen LogP contribution in [0.5, 0.6) is 0 Å². The summed E-state index contributed by atoms with van der Waals surface area (Å²) in [4.78, 5) is 0. The van der Waals surface area contributed by atoms with E-state index in [1.165, 1.54) is 152 Å². The number of hydrogen-bond donors (Lipinski definition) is 0. The van der Waals surface area contributed by atoms with Gasteiger partial charge in [0, 0.05) is 0 Å². The molecule has 0 aliphatic heterocycles.